The minimum atomic E-state index is -1.82. The van der Waals surface area contributed by atoms with E-state index in [-0.39, 0.29) is 0 Å². The molecule has 0 fully saturated rings. The molecule has 7 heteroatoms. The number of ether oxygens (including phenoxy) is 1. The molecule has 1 aromatic heterocycles. The molecule has 2 aromatic rings. The number of carboxylic acids is 2. The van der Waals surface area contributed by atoms with Gasteiger partial charge in [-0.2, -0.15) is 0 Å². The van der Waals surface area contributed by atoms with Crippen molar-refractivity contribution in [1.82, 2.24) is 9.55 Å². The zero-order chi connectivity index (χ0) is 18.7. The van der Waals surface area contributed by atoms with Gasteiger partial charge in [0.25, 0.3) is 0 Å². The van der Waals surface area contributed by atoms with Crippen LogP contribution >= 0.6 is 0 Å². The number of allylic oxidation sites excluding steroid dienone is 1. The van der Waals surface area contributed by atoms with Crippen LogP contribution in [0.2, 0.25) is 0 Å². The monoisotopic (exact) mass is 346 g/mol. The van der Waals surface area contributed by atoms with Gasteiger partial charge < -0.3 is 19.5 Å². The Morgan fingerprint density at radius 2 is 2.04 bits per heavy atom. The number of carboxylic acid groups (broad SMARTS) is 2. The fourth-order valence-corrected chi connectivity index (χ4v) is 2.01. The molecule has 0 spiro atoms. The zero-order valence-corrected chi connectivity index (χ0v) is 14.1. The van der Waals surface area contributed by atoms with Crippen LogP contribution in [0.5, 0.6) is 5.75 Å². The molecular formula is C18H22N2O5. The van der Waals surface area contributed by atoms with E-state index in [0.29, 0.717) is 6.61 Å². The Kier molecular flexibility index (Phi) is 8.49. The van der Waals surface area contributed by atoms with Crippen molar-refractivity contribution in [2.24, 2.45) is 0 Å². The van der Waals surface area contributed by atoms with E-state index in [0.717, 1.165) is 25.1 Å². The highest BCUT2D eigenvalue weighted by Gasteiger charge is 2.04. The van der Waals surface area contributed by atoms with Gasteiger partial charge in [0.05, 0.1) is 12.9 Å². The van der Waals surface area contributed by atoms with Crippen molar-refractivity contribution in [2.45, 2.75) is 26.3 Å². The summed E-state index contributed by atoms with van der Waals surface area (Å²) in [5, 5.41) is 14.8. The smallest absolute Gasteiger partial charge is 0.414 e. The summed E-state index contributed by atoms with van der Waals surface area (Å²) in [4.78, 5) is 22.2. The van der Waals surface area contributed by atoms with E-state index in [1.54, 1.807) is 6.20 Å². The van der Waals surface area contributed by atoms with Crippen molar-refractivity contribution >= 4 is 11.9 Å². The molecule has 0 saturated heterocycles. The lowest BCUT2D eigenvalue weighted by atomic mass is 10.1. The number of hydrogen-bond acceptors (Lipinski definition) is 4. The normalized spacial score (nSPS) is 9.64. The van der Waals surface area contributed by atoms with Gasteiger partial charge in [0.15, 0.2) is 0 Å². The minimum Gasteiger partial charge on any atom is -0.493 e. The molecule has 0 radical (unpaired) electrons. The summed E-state index contributed by atoms with van der Waals surface area (Å²) >= 11 is 0. The van der Waals surface area contributed by atoms with Crippen LogP contribution in [0.25, 0.3) is 0 Å². The van der Waals surface area contributed by atoms with Gasteiger partial charge in [-0.1, -0.05) is 23.8 Å². The lowest BCUT2D eigenvalue weighted by Gasteiger charge is -2.11. The Morgan fingerprint density at radius 3 is 2.60 bits per heavy atom. The molecule has 1 aromatic carbocycles. The van der Waals surface area contributed by atoms with Crippen LogP contribution in [0.3, 0.4) is 0 Å². The van der Waals surface area contributed by atoms with Gasteiger partial charge in [0, 0.05) is 18.9 Å². The number of aryl methyl sites for hydroxylation is 2. The molecule has 0 aliphatic carbocycles. The summed E-state index contributed by atoms with van der Waals surface area (Å²) in [7, 11) is 0. The molecule has 2 rings (SSSR count). The number of nitrogens with zero attached hydrogens (tertiary/aromatic N) is 2. The summed E-state index contributed by atoms with van der Waals surface area (Å²) in [5.74, 6) is -2.68. The number of benzene rings is 1. The second-order valence-corrected chi connectivity index (χ2v) is 5.22. The van der Waals surface area contributed by atoms with Crippen LogP contribution in [-0.4, -0.2) is 38.3 Å². The quantitative estimate of drug-likeness (QED) is 0.454. The molecular weight excluding hydrogens is 324 g/mol. The van der Waals surface area contributed by atoms with E-state index in [4.69, 9.17) is 24.5 Å². The van der Waals surface area contributed by atoms with Gasteiger partial charge in [-0.3, -0.25) is 0 Å². The van der Waals surface area contributed by atoms with Gasteiger partial charge >= 0.3 is 11.9 Å². The topological polar surface area (TPSA) is 102 Å². The maximum atomic E-state index is 9.10. The predicted octanol–water partition coefficient (Wildman–Crippen LogP) is 2.54. The van der Waals surface area contributed by atoms with E-state index >= 15 is 0 Å². The van der Waals surface area contributed by atoms with Crippen LogP contribution in [-0.2, 0) is 22.6 Å². The molecule has 2 N–H and O–H groups in total. The molecule has 7 nitrogen and oxygen atoms in total. The number of imidazole rings is 1. The first-order valence-electron chi connectivity index (χ1n) is 7.69. The maximum Gasteiger partial charge on any atom is 0.414 e. The largest absolute Gasteiger partial charge is 0.493 e. The molecule has 0 unspecified atom stereocenters. The highest BCUT2D eigenvalue weighted by Crippen LogP contribution is 2.21. The van der Waals surface area contributed by atoms with Gasteiger partial charge in [-0.05, 0) is 31.4 Å². The lowest BCUT2D eigenvalue weighted by molar-refractivity contribution is -0.159. The van der Waals surface area contributed by atoms with Crippen LogP contribution in [0.4, 0.5) is 0 Å². The highest BCUT2D eigenvalue weighted by molar-refractivity contribution is 6.27. The van der Waals surface area contributed by atoms with E-state index in [1.165, 1.54) is 11.1 Å². The molecule has 134 valence electrons. The Balaban J connectivity index is 0.000000450. The fraction of sp³-hybridized carbons (Fsp3) is 0.278. The third-order valence-electron chi connectivity index (χ3n) is 3.14. The third-order valence-corrected chi connectivity index (χ3v) is 3.14. The van der Waals surface area contributed by atoms with Crippen molar-refractivity contribution in [1.29, 1.82) is 0 Å². The van der Waals surface area contributed by atoms with Gasteiger partial charge in [0.1, 0.15) is 5.75 Å². The molecule has 1 heterocycles. The van der Waals surface area contributed by atoms with Crippen molar-refractivity contribution in [3.05, 3.63) is 60.7 Å². The van der Waals surface area contributed by atoms with Gasteiger partial charge in [0.2, 0.25) is 0 Å². The Bertz CT molecular complexity index is 683. The SMILES string of the molecule is C=CCc1cc(C)ccc1OCCCn1ccnc1.O=C(O)C(=O)O. The zero-order valence-electron chi connectivity index (χ0n) is 14.1. The number of hydrogen-bond donors (Lipinski definition) is 2. The summed E-state index contributed by atoms with van der Waals surface area (Å²) in [6, 6.07) is 6.29. The van der Waals surface area contributed by atoms with Crippen molar-refractivity contribution < 1.29 is 24.5 Å². The maximum absolute atomic E-state index is 9.10. The van der Waals surface area contributed by atoms with Gasteiger partial charge in [-0.25, -0.2) is 14.6 Å². The molecule has 25 heavy (non-hydrogen) atoms. The predicted molar refractivity (Wildman–Crippen MR) is 92.7 cm³/mol. The summed E-state index contributed by atoms with van der Waals surface area (Å²) in [6.45, 7) is 7.53. The van der Waals surface area contributed by atoms with Crippen molar-refractivity contribution in [3.8, 4) is 5.75 Å². The van der Waals surface area contributed by atoms with Crippen LogP contribution in [0.15, 0.2) is 49.6 Å². The molecule has 0 bridgehead atoms. The van der Waals surface area contributed by atoms with E-state index in [1.807, 2.05) is 24.7 Å². The van der Waals surface area contributed by atoms with Crippen LogP contribution in [0, 0.1) is 6.92 Å². The second kappa shape index (κ2) is 10.6. The first-order valence-corrected chi connectivity index (χ1v) is 7.69. The molecule has 0 aliphatic rings. The molecule has 0 saturated carbocycles. The van der Waals surface area contributed by atoms with Gasteiger partial charge in [-0.15, -0.1) is 6.58 Å². The summed E-state index contributed by atoms with van der Waals surface area (Å²) in [5.41, 5.74) is 2.46. The third kappa shape index (κ3) is 7.83. The van der Waals surface area contributed by atoms with Crippen molar-refractivity contribution in [3.63, 3.8) is 0 Å². The van der Waals surface area contributed by atoms with Crippen LogP contribution < -0.4 is 4.74 Å². The summed E-state index contributed by atoms with van der Waals surface area (Å²) < 4.78 is 7.92. The number of aliphatic carboxylic acids is 2. The Morgan fingerprint density at radius 1 is 1.32 bits per heavy atom. The lowest BCUT2D eigenvalue weighted by Crippen LogP contribution is -2.09. The fourth-order valence-electron chi connectivity index (χ4n) is 2.01. The van der Waals surface area contributed by atoms with E-state index in [2.05, 4.69) is 35.2 Å². The average Bonchev–Trinajstić information content (AvgIpc) is 3.07. The number of rotatable bonds is 7. The highest BCUT2D eigenvalue weighted by atomic mass is 16.5. The average molecular weight is 346 g/mol. The Hall–Kier alpha value is -3.09. The standard InChI is InChI=1S/C16H20N2O.C2H2O4/c1-3-5-15-12-14(2)6-7-16(15)19-11-4-9-18-10-8-17-13-18;3-1(4)2(5)6/h3,6-8,10,12-13H,1,4-5,9,11H2,2H3;(H,3,4)(H,5,6). The first-order chi connectivity index (χ1) is 11.9. The first kappa shape index (κ1) is 20.0. The van der Waals surface area contributed by atoms with Crippen LogP contribution in [0.1, 0.15) is 17.5 Å². The van der Waals surface area contributed by atoms with E-state index in [9.17, 15) is 0 Å². The van der Waals surface area contributed by atoms with E-state index < -0.39 is 11.9 Å². The second-order valence-electron chi connectivity index (χ2n) is 5.22. The number of aromatic nitrogens is 2. The number of carbonyl (C=O) groups is 2. The molecule has 0 atom stereocenters. The summed E-state index contributed by atoms with van der Waals surface area (Å²) in [6.07, 6.45) is 9.32. The minimum absolute atomic E-state index is 0.714. The molecule has 0 amide bonds. The van der Waals surface area contributed by atoms with Crippen molar-refractivity contribution in [2.75, 3.05) is 6.61 Å². The Labute approximate surface area is 146 Å². The molecule has 0 aliphatic heterocycles.